The molecule has 0 saturated carbocycles. The minimum atomic E-state index is -0.554. The number of nitro benzene ring substituents is 1. The molecule has 0 saturated heterocycles. The van der Waals surface area contributed by atoms with Crippen LogP contribution in [-0.4, -0.2) is 22.9 Å². The van der Waals surface area contributed by atoms with Gasteiger partial charge in [0.1, 0.15) is 0 Å². The van der Waals surface area contributed by atoms with Crippen LogP contribution in [0.1, 0.15) is 10.4 Å². The van der Waals surface area contributed by atoms with Crippen molar-refractivity contribution in [1.29, 1.82) is 0 Å². The van der Waals surface area contributed by atoms with E-state index in [2.05, 4.69) is 10.3 Å². The van der Waals surface area contributed by atoms with Crippen molar-refractivity contribution in [2.24, 2.45) is 0 Å². The second-order valence-corrected chi connectivity index (χ2v) is 4.84. The topological polar surface area (TPSA) is 97.3 Å². The summed E-state index contributed by atoms with van der Waals surface area (Å²) in [6, 6.07) is 11.4. The fourth-order valence-corrected chi connectivity index (χ4v) is 2.39. The largest absolute Gasteiger partial charge is 0.490 e. The lowest BCUT2D eigenvalue weighted by molar-refractivity contribution is -0.385. The first kappa shape index (κ1) is 14.6. The molecule has 0 atom stereocenters. The summed E-state index contributed by atoms with van der Waals surface area (Å²) < 4.78 is 4.94. The fourth-order valence-electron chi connectivity index (χ4n) is 2.39. The number of fused-ring (bicyclic) bond motifs is 1. The van der Waals surface area contributed by atoms with E-state index in [1.807, 2.05) is 6.07 Å². The van der Waals surface area contributed by atoms with Gasteiger partial charge in [-0.25, -0.2) is 0 Å². The number of nitrogens with zero attached hydrogens (tertiary/aromatic N) is 1. The van der Waals surface area contributed by atoms with Crippen molar-refractivity contribution in [2.45, 2.75) is 0 Å². The third-order valence-corrected chi connectivity index (χ3v) is 3.47. The second kappa shape index (κ2) is 5.80. The van der Waals surface area contributed by atoms with Gasteiger partial charge in [0.2, 0.25) is 0 Å². The highest BCUT2D eigenvalue weighted by molar-refractivity contribution is 6.12. The quantitative estimate of drug-likeness (QED) is 0.570. The van der Waals surface area contributed by atoms with Crippen molar-refractivity contribution in [2.75, 3.05) is 12.4 Å². The molecule has 1 heterocycles. The van der Waals surface area contributed by atoms with Gasteiger partial charge in [0, 0.05) is 34.4 Å². The zero-order valence-electron chi connectivity index (χ0n) is 12.2. The average Bonchev–Trinajstić information content (AvgIpc) is 3.03. The number of hydrogen-bond acceptors (Lipinski definition) is 4. The molecule has 0 radical (unpaired) electrons. The Morgan fingerprint density at radius 2 is 2.09 bits per heavy atom. The van der Waals surface area contributed by atoms with Crippen LogP contribution in [0.15, 0.2) is 48.7 Å². The van der Waals surface area contributed by atoms with Crippen molar-refractivity contribution in [3.8, 4) is 5.75 Å². The van der Waals surface area contributed by atoms with E-state index in [4.69, 9.17) is 4.74 Å². The minimum absolute atomic E-state index is 0.140. The first-order valence-electron chi connectivity index (χ1n) is 6.80. The molecular weight excluding hydrogens is 298 g/mol. The number of nitro groups is 1. The molecule has 2 aromatic carbocycles. The van der Waals surface area contributed by atoms with Gasteiger partial charge >= 0.3 is 5.69 Å². The standard InChI is InChI=1S/C16H13N3O4/c1-23-15-6-5-10(9-14(15)19(21)22)18-16(20)12-3-2-4-13-11(12)7-8-17-13/h2-9,17H,1H3,(H,18,20). The average molecular weight is 311 g/mol. The van der Waals surface area contributed by atoms with Crippen LogP contribution in [-0.2, 0) is 0 Å². The molecule has 0 aliphatic rings. The molecule has 7 heteroatoms. The number of amides is 1. The zero-order chi connectivity index (χ0) is 16.4. The molecule has 0 bridgehead atoms. The third-order valence-electron chi connectivity index (χ3n) is 3.47. The van der Waals surface area contributed by atoms with E-state index >= 15 is 0 Å². The Bertz CT molecular complexity index is 901. The first-order chi connectivity index (χ1) is 11.1. The molecule has 0 spiro atoms. The highest BCUT2D eigenvalue weighted by Crippen LogP contribution is 2.30. The predicted octanol–water partition coefficient (Wildman–Crippen LogP) is 3.34. The van der Waals surface area contributed by atoms with E-state index in [1.54, 1.807) is 30.5 Å². The van der Waals surface area contributed by atoms with Crippen molar-refractivity contribution in [3.05, 3.63) is 64.3 Å². The molecule has 2 N–H and O–H groups in total. The Morgan fingerprint density at radius 1 is 1.26 bits per heavy atom. The normalized spacial score (nSPS) is 10.5. The van der Waals surface area contributed by atoms with Gasteiger partial charge in [-0.2, -0.15) is 0 Å². The number of rotatable bonds is 4. The maximum absolute atomic E-state index is 12.4. The lowest BCUT2D eigenvalue weighted by Crippen LogP contribution is -2.12. The lowest BCUT2D eigenvalue weighted by Gasteiger charge is -2.08. The number of carbonyl (C=O) groups is 1. The predicted molar refractivity (Wildman–Crippen MR) is 85.9 cm³/mol. The summed E-state index contributed by atoms with van der Waals surface area (Å²) in [6.07, 6.45) is 1.75. The molecule has 3 rings (SSSR count). The maximum atomic E-state index is 12.4. The maximum Gasteiger partial charge on any atom is 0.312 e. The van der Waals surface area contributed by atoms with Crippen molar-refractivity contribution < 1.29 is 14.5 Å². The molecule has 7 nitrogen and oxygen atoms in total. The van der Waals surface area contributed by atoms with E-state index < -0.39 is 4.92 Å². The number of hydrogen-bond donors (Lipinski definition) is 2. The van der Waals surface area contributed by atoms with E-state index in [-0.39, 0.29) is 17.3 Å². The highest BCUT2D eigenvalue weighted by atomic mass is 16.6. The van der Waals surface area contributed by atoms with Crippen LogP contribution in [0, 0.1) is 10.1 Å². The smallest absolute Gasteiger partial charge is 0.312 e. The summed E-state index contributed by atoms with van der Waals surface area (Å²) in [6.45, 7) is 0. The van der Waals surface area contributed by atoms with Crippen molar-refractivity contribution in [3.63, 3.8) is 0 Å². The fraction of sp³-hybridized carbons (Fsp3) is 0.0625. The third kappa shape index (κ3) is 2.71. The molecular formula is C16H13N3O4. The van der Waals surface area contributed by atoms with Crippen LogP contribution in [0.3, 0.4) is 0 Å². The number of ether oxygens (including phenoxy) is 1. The number of aromatic nitrogens is 1. The number of aromatic amines is 1. The zero-order valence-corrected chi connectivity index (χ0v) is 12.2. The Labute approximate surface area is 131 Å². The summed E-state index contributed by atoms with van der Waals surface area (Å²) in [4.78, 5) is 26.0. The summed E-state index contributed by atoms with van der Waals surface area (Å²) in [7, 11) is 1.35. The van der Waals surface area contributed by atoms with Crippen LogP contribution in [0.4, 0.5) is 11.4 Å². The summed E-state index contributed by atoms with van der Waals surface area (Å²) >= 11 is 0. The van der Waals surface area contributed by atoms with Gasteiger partial charge in [-0.05, 0) is 30.3 Å². The number of carbonyl (C=O) groups excluding carboxylic acids is 1. The van der Waals surface area contributed by atoms with Gasteiger partial charge < -0.3 is 15.0 Å². The number of methoxy groups -OCH3 is 1. The van der Waals surface area contributed by atoms with Crippen molar-refractivity contribution >= 4 is 28.2 Å². The van der Waals surface area contributed by atoms with E-state index in [9.17, 15) is 14.9 Å². The van der Waals surface area contributed by atoms with Crippen LogP contribution >= 0.6 is 0 Å². The number of anilines is 1. The Balaban J connectivity index is 1.93. The first-order valence-corrected chi connectivity index (χ1v) is 6.80. The van der Waals surface area contributed by atoms with E-state index in [1.165, 1.54) is 19.2 Å². The Morgan fingerprint density at radius 3 is 2.83 bits per heavy atom. The molecule has 23 heavy (non-hydrogen) atoms. The van der Waals surface area contributed by atoms with Crippen LogP contribution in [0.2, 0.25) is 0 Å². The van der Waals surface area contributed by atoms with Crippen molar-refractivity contribution in [1.82, 2.24) is 4.98 Å². The van der Waals surface area contributed by atoms with Gasteiger partial charge in [0.15, 0.2) is 5.75 Å². The number of H-pyrrole nitrogens is 1. The lowest BCUT2D eigenvalue weighted by atomic mass is 10.1. The summed E-state index contributed by atoms with van der Waals surface area (Å²) in [5.41, 5.74) is 1.46. The Hall–Kier alpha value is -3.35. The molecule has 0 unspecified atom stereocenters. The van der Waals surface area contributed by atoms with Gasteiger partial charge in [-0.1, -0.05) is 6.07 Å². The van der Waals surface area contributed by atoms with E-state index in [0.717, 1.165) is 10.9 Å². The van der Waals surface area contributed by atoms with Gasteiger partial charge in [0.25, 0.3) is 5.91 Å². The molecule has 1 aromatic heterocycles. The minimum Gasteiger partial charge on any atom is -0.490 e. The van der Waals surface area contributed by atoms with E-state index in [0.29, 0.717) is 11.3 Å². The van der Waals surface area contributed by atoms with Crippen LogP contribution < -0.4 is 10.1 Å². The number of nitrogens with one attached hydrogen (secondary N) is 2. The summed E-state index contributed by atoms with van der Waals surface area (Å²) in [5.74, 6) is -0.199. The molecule has 0 aliphatic carbocycles. The molecule has 1 amide bonds. The van der Waals surface area contributed by atoms with Crippen LogP contribution in [0.25, 0.3) is 10.9 Å². The van der Waals surface area contributed by atoms with Gasteiger partial charge in [-0.3, -0.25) is 14.9 Å². The van der Waals surface area contributed by atoms with Crippen LogP contribution in [0.5, 0.6) is 5.75 Å². The molecule has 3 aromatic rings. The second-order valence-electron chi connectivity index (χ2n) is 4.84. The molecule has 0 aliphatic heterocycles. The monoisotopic (exact) mass is 311 g/mol. The van der Waals surface area contributed by atoms with Gasteiger partial charge in [-0.15, -0.1) is 0 Å². The highest BCUT2D eigenvalue weighted by Gasteiger charge is 2.17. The number of benzene rings is 2. The summed E-state index contributed by atoms with van der Waals surface area (Å²) in [5, 5.41) is 14.5. The molecule has 116 valence electrons. The Kier molecular flexibility index (Phi) is 3.68. The SMILES string of the molecule is COc1ccc(NC(=O)c2cccc3[nH]ccc23)cc1[N+](=O)[O-]. The molecule has 0 fully saturated rings. The van der Waals surface area contributed by atoms with Gasteiger partial charge in [0.05, 0.1) is 12.0 Å².